The molecule has 8 nitrogen and oxygen atoms in total. The van der Waals surface area contributed by atoms with Gasteiger partial charge in [-0.05, 0) is 37.8 Å². The number of aromatic hydroxyl groups is 1. The second kappa shape index (κ2) is 8.70. The molecule has 1 aromatic heterocycles. The topological polar surface area (TPSA) is 95.7 Å². The molecule has 1 N–H and O–H groups in total. The molecule has 2 amide bonds. The molecule has 3 heterocycles. The molecular weight excluding hydrogens is 420 g/mol. The van der Waals surface area contributed by atoms with E-state index < -0.39 is 17.4 Å². The molecule has 2 aliphatic rings. The van der Waals surface area contributed by atoms with E-state index in [4.69, 9.17) is 11.6 Å². The summed E-state index contributed by atoms with van der Waals surface area (Å²) >= 11 is 6.21. The van der Waals surface area contributed by atoms with Gasteiger partial charge in [0.05, 0.1) is 6.04 Å². The quantitative estimate of drug-likeness (QED) is 0.763. The highest BCUT2D eigenvalue weighted by molar-refractivity contribution is 6.31. The number of likely N-dealkylation sites (N-methyl/N-ethyl adjacent to an activating group) is 1. The zero-order valence-corrected chi connectivity index (χ0v) is 18.1. The molecule has 164 valence electrons. The molecule has 4 rings (SSSR count). The molecule has 2 aliphatic heterocycles. The van der Waals surface area contributed by atoms with E-state index >= 15 is 0 Å². The van der Waals surface area contributed by atoms with Gasteiger partial charge in [-0.25, -0.2) is 0 Å². The summed E-state index contributed by atoms with van der Waals surface area (Å²) in [4.78, 5) is 45.6. The van der Waals surface area contributed by atoms with Crippen LogP contribution in [0, 0.1) is 0 Å². The van der Waals surface area contributed by atoms with E-state index in [0.29, 0.717) is 49.9 Å². The molecule has 1 saturated heterocycles. The lowest BCUT2D eigenvalue weighted by Gasteiger charge is -2.33. The number of hydrogen-bond donors (Lipinski definition) is 1. The molecular formula is C22H25ClN4O4. The van der Waals surface area contributed by atoms with Gasteiger partial charge in [0.1, 0.15) is 5.82 Å². The highest BCUT2D eigenvalue weighted by atomic mass is 35.5. The average Bonchev–Trinajstić information content (AvgIpc) is 3.25. The first-order valence-electron chi connectivity index (χ1n) is 10.6. The first kappa shape index (κ1) is 21.4. The summed E-state index contributed by atoms with van der Waals surface area (Å²) < 4.78 is 1.62. The van der Waals surface area contributed by atoms with E-state index in [1.165, 1.54) is 0 Å². The van der Waals surface area contributed by atoms with Crippen LogP contribution in [0.15, 0.2) is 29.1 Å². The number of rotatable bonds is 5. The van der Waals surface area contributed by atoms with Crippen LogP contribution in [-0.4, -0.2) is 55.9 Å². The van der Waals surface area contributed by atoms with Crippen LogP contribution < -0.4 is 5.56 Å². The fourth-order valence-electron chi connectivity index (χ4n) is 4.45. The Bertz CT molecular complexity index is 1080. The van der Waals surface area contributed by atoms with Crippen molar-refractivity contribution in [3.05, 3.63) is 56.7 Å². The van der Waals surface area contributed by atoms with Gasteiger partial charge in [-0.1, -0.05) is 29.8 Å². The van der Waals surface area contributed by atoms with E-state index in [2.05, 4.69) is 4.98 Å². The Labute approximate surface area is 185 Å². The van der Waals surface area contributed by atoms with Crippen molar-refractivity contribution in [2.45, 2.75) is 45.2 Å². The van der Waals surface area contributed by atoms with Crippen LogP contribution in [0.25, 0.3) is 0 Å². The van der Waals surface area contributed by atoms with Crippen LogP contribution in [0.1, 0.15) is 54.1 Å². The van der Waals surface area contributed by atoms with Crippen LogP contribution in [0.2, 0.25) is 5.02 Å². The highest BCUT2D eigenvalue weighted by Gasteiger charge is 2.37. The molecule has 0 saturated carbocycles. The summed E-state index contributed by atoms with van der Waals surface area (Å²) in [5, 5.41) is 10.9. The predicted molar refractivity (Wildman–Crippen MR) is 115 cm³/mol. The maximum absolute atomic E-state index is 13.0. The second-order valence-corrected chi connectivity index (χ2v) is 8.25. The lowest BCUT2D eigenvalue weighted by molar-refractivity contribution is -0.132. The Balaban J connectivity index is 1.62. The number of amides is 2. The lowest BCUT2D eigenvalue weighted by Crippen LogP contribution is -2.44. The van der Waals surface area contributed by atoms with Gasteiger partial charge in [-0.3, -0.25) is 14.4 Å². The first-order chi connectivity index (χ1) is 14.9. The Kier molecular flexibility index (Phi) is 6.00. The van der Waals surface area contributed by atoms with E-state index in [-0.39, 0.29) is 23.9 Å². The number of aromatic nitrogens is 2. The number of likely N-dealkylation sites (tertiary alicyclic amines) is 1. The minimum atomic E-state index is -0.831. The summed E-state index contributed by atoms with van der Waals surface area (Å²) in [5.41, 5.74) is 0.0521. The maximum atomic E-state index is 13.0. The molecule has 0 aliphatic carbocycles. The number of benzene rings is 1. The van der Waals surface area contributed by atoms with Crippen LogP contribution >= 0.6 is 11.6 Å². The summed E-state index contributed by atoms with van der Waals surface area (Å²) in [6, 6.07) is 7.05. The lowest BCUT2D eigenvalue weighted by atomic mass is 10.1. The number of hydrogen-bond acceptors (Lipinski definition) is 5. The number of halogens is 1. The standard InChI is InChI=1S/C22H25ClN4O4/c1-2-25-12-13-27-18(22(25)31)19(29)21(30)24-20(27)16-8-5-11-26(16)17(28)10-9-14-6-3-4-7-15(14)23/h3-4,6-7,16,29H,2,5,8-13H2,1H3. The van der Waals surface area contributed by atoms with Crippen molar-refractivity contribution in [3.8, 4) is 5.75 Å². The van der Waals surface area contributed by atoms with E-state index in [0.717, 1.165) is 12.0 Å². The molecule has 0 bridgehead atoms. The van der Waals surface area contributed by atoms with E-state index in [9.17, 15) is 19.5 Å². The molecule has 31 heavy (non-hydrogen) atoms. The highest BCUT2D eigenvalue weighted by Crippen LogP contribution is 2.33. The summed E-state index contributed by atoms with van der Waals surface area (Å²) in [6.07, 6.45) is 2.24. The molecule has 0 spiro atoms. The molecule has 1 atom stereocenters. The van der Waals surface area contributed by atoms with E-state index in [1.807, 2.05) is 25.1 Å². The van der Waals surface area contributed by atoms with Gasteiger partial charge in [0.15, 0.2) is 5.69 Å². The van der Waals surface area contributed by atoms with Crippen molar-refractivity contribution >= 4 is 23.4 Å². The zero-order valence-electron chi connectivity index (χ0n) is 17.4. The zero-order chi connectivity index (χ0) is 22.1. The van der Waals surface area contributed by atoms with Crippen LogP contribution in [0.4, 0.5) is 0 Å². The molecule has 2 aromatic rings. The summed E-state index contributed by atoms with van der Waals surface area (Å²) in [6.45, 7) is 3.78. The van der Waals surface area contributed by atoms with Crippen molar-refractivity contribution in [2.75, 3.05) is 19.6 Å². The molecule has 0 radical (unpaired) electrons. The van der Waals surface area contributed by atoms with Gasteiger partial charge in [0, 0.05) is 37.6 Å². The van der Waals surface area contributed by atoms with Gasteiger partial charge < -0.3 is 19.5 Å². The molecule has 1 unspecified atom stereocenters. The molecule has 1 aromatic carbocycles. The molecule has 9 heteroatoms. The third kappa shape index (κ3) is 3.92. The van der Waals surface area contributed by atoms with Crippen LogP contribution in [-0.2, 0) is 17.8 Å². The van der Waals surface area contributed by atoms with Crippen molar-refractivity contribution in [2.24, 2.45) is 0 Å². The number of fused-ring (bicyclic) bond motifs is 1. The normalized spacial score (nSPS) is 18.4. The Morgan fingerprint density at radius 2 is 2.00 bits per heavy atom. The minimum Gasteiger partial charge on any atom is -0.501 e. The maximum Gasteiger partial charge on any atom is 0.315 e. The SMILES string of the molecule is CCN1CCn2c(C3CCCN3C(=O)CCc3ccccc3Cl)nc(=O)c(O)c2C1=O. The van der Waals surface area contributed by atoms with Gasteiger partial charge in [-0.15, -0.1) is 0 Å². The number of nitrogens with zero attached hydrogens (tertiary/aromatic N) is 4. The van der Waals surface area contributed by atoms with Crippen LogP contribution in [0.3, 0.4) is 0 Å². The Morgan fingerprint density at radius 3 is 2.74 bits per heavy atom. The third-order valence-corrected chi connectivity index (χ3v) is 6.46. The fraction of sp³-hybridized carbons (Fsp3) is 0.455. The first-order valence-corrected chi connectivity index (χ1v) is 11.0. The Hall–Kier alpha value is -2.87. The monoisotopic (exact) mass is 444 g/mol. The predicted octanol–water partition coefficient (Wildman–Crippen LogP) is 2.37. The van der Waals surface area contributed by atoms with Gasteiger partial charge in [-0.2, -0.15) is 4.98 Å². The molecule has 1 fully saturated rings. The largest absolute Gasteiger partial charge is 0.501 e. The van der Waals surface area contributed by atoms with Gasteiger partial charge >= 0.3 is 5.56 Å². The summed E-state index contributed by atoms with van der Waals surface area (Å²) in [5.74, 6) is -0.676. The third-order valence-electron chi connectivity index (χ3n) is 6.09. The minimum absolute atomic E-state index is 0.0292. The van der Waals surface area contributed by atoms with Crippen molar-refractivity contribution in [1.82, 2.24) is 19.4 Å². The average molecular weight is 445 g/mol. The number of aryl methyl sites for hydroxylation is 1. The second-order valence-electron chi connectivity index (χ2n) is 7.85. The van der Waals surface area contributed by atoms with Gasteiger partial charge in [0.25, 0.3) is 5.91 Å². The van der Waals surface area contributed by atoms with Gasteiger partial charge in [0.2, 0.25) is 11.7 Å². The van der Waals surface area contributed by atoms with Crippen molar-refractivity contribution < 1.29 is 14.7 Å². The van der Waals surface area contributed by atoms with Crippen molar-refractivity contribution in [3.63, 3.8) is 0 Å². The van der Waals surface area contributed by atoms with Crippen molar-refractivity contribution in [1.29, 1.82) is 0 Å². The smallest absolute Gasteiger partial charge is 0.315 e. The fourth-order valence-corrected chi connectivity index (χ4v) is 4.68. The number of carbonyl (C=O) groups is 2. The van der Waals surface area contributed by atoms with Crippen LogP contribution in [0.5, 0.6) is 5.75 Å². The summed E-state index contributed by atoms with van der Waals surface area (Å²) in [7, 11) is 0. The Morgan fingerprint density at radius 1 is 1.23 bits per heavy atom. The van der Waals surface area contributed by atoms with E-state index in [1.54, 1.807) is 20.4 Å². The number of carbonyl (C=O) groups excluding carboxylic acids is 2.